The second kappa shape index (κ2) is 17.6. The summed E-state index contributed by atoms with van der Waals surface area (Å²) in [4.78, 5) is 25.0. The highest BCUT2D eigenvalue weighted by atomic mass is 16.5. The number of aryl methyl sites for hydroxylation is 1. The van der Waals surface area contributed by atoms with Gasteiger partial charge >= 0.3 is 11.9 Å². The van der Waals surface area contributed by atoms with E-state index < -0.39 is 23.1 Å². The Balaban J connectivity index is 1.45. The van der Waals surface area contributed by atoms with Gasteiger partial charge in [-0.2, -0.15) is 0 Å². The molecule has 2 saturated carbocycles. The van der Waals surface area contributed by atoms with Gasteiger partial charge in [0.25, 0.3) is 0 Å². The zero-order valence-electron chi connectivity index (χ0n) is 29.5. The van der Waals surface area contributed by atoms with Crippen molar-refractivity contribution in [2.45, 2.75) is 142 Å². The van der Waals surface area contributed by atoms with Gasteiger partial charge in [0.1, 0.15) is 0 Å². The number of carbonyl (C=O) groups excluding carboxylic acids is 2. The summed E-state index contributed by atoms with van der Waals surface area (Å²) in [5, 5.41) is 20.3. The highest BCUT2D eigenvalue weighted by Gasteiger charge is 2.32. The number of unbranched alkanes of at least 4 members (excludes halogenated alkanes) is 2. The standard InChI is InChI=1S/C40H62O6/c1-8-9-10-11-30-14-18-33(19-15-30)35-22-24-36(25-23-35)34-20-16-31(17-21-34)12-13-32(26-45-37(41)28(2)39(4,5)43)27-46-38(42)29(3)40(6,7)44/h14-15,18-19,31-32,34-36,43-44H,2-3,8-13,16-17,20-27H2,1,4-7H3. The molecule has 0 amide bonds. The van der Waals surface area contributed by atoms with E-state index in [1.54, 1.807) is 0 Å². The first kappa shape index (κ1) is 38.0. The van der Waals surface area contributed by atoms with Crippen molar-refractivity contribution in [1.29, 1.82) is 0 Å². The molecule has 1 aromatic rings. The number of benzene rings is 1. The Hall–Kier alpha value is -2.44. The summed E-state index contributed by atoms with van der Waals surface area (Å²) in [6, 6.07) is 9.49. The Morgan fingerprint density at radius 2 is 1.26 bits per heavy atom. The van der Waals surface area contributed by atoms with Crippen LogP contribution in [-0.2, 0) is 25.5 Å². The van der Waals surface area contributed by atoms with Gasteiger partial charge in [-0.1, -0.05) is 70.0 Å². The number of ether oxygens (including phenoxy) is 2. The molecule has 6 nitrogen and oxygen atoms in total. The Morgan fingerprint density at radius 3 is 1.72 bits per heavy atom. The Bertz CT molecular complexity index is 1080. The minimum atomic E-state index is -1.37. The van der Waals surface area contributed by atoms with Gasteiger partial charge in [-0.05, 0) is 127 Å². The van der Waals surface area contributed by atoms with Gasteiger partial charge in [-0.25, -0.2) is 9.59 Å². The van der Waals surface area contributed by atoms with Crippen LogP contribution in [0.25, 0.3) is 0 Å². The number of aliphatic hydroxyl groups is 2. The fourth-order valence-corrected chi connectivity index (χ4v) is 7.15. The zero-order valence-corrected chi connectivity index (χ0v) is 29.5. The normalized spacial score (nSPS) is 22.3. The molecule has 2 aliphatic rings. The smallest absolute Gasteiger partial charge is 0.336 e. The second-order valence-corrected chi connectivity index (χ2v) is 15.3. The molecule has 258 valence electrons. The van der Waals surface area contributed by atoms with Crippen LogP contribution in [0.3, 0.4) is 0 Å². The monoisotopic (exact) mass is 638 g/mol. The molecule has 6 heteroatoms. The summed E-state index contributed by atoms with van der Waals surface area (Å²) in [5.41, 5.74) is 0.231. The van der Waals surface area contributed by atoms with Crippen molar-refractivity contribution < 1.29 is 29.3 Å². The second-order valence-electron chi connectivity index (χ2n) is 15.3. The highest BCUT2D eigenvalue weighted by Crippen LogP contribution is 2.44. The molecule has 0 aromatic heterocycles. The largest absolute Gasteiger partial charge is 0.462 e. The topological polar surface area (TPSA) is 93.1 Å². The number of rotatable bonds is 17. The Morgan fingerprint density at radius 1 is 0.783 bits per heavy atom. The molecule has 0 aliphatic heterocycles. The summed E-state index contributed by atoms with van der Waals surface area (Å²) in [6.45, 7) is 15.7. The number of hydrogen-bond donors (Lipinski definition) is 2. The van der Waals surface area contributed by atoms with Gasteiger partial charge in [0.2, 0.25) is 0 Å². The molecule has 2 fully saturated rings. The molecular formula is C40H62O6. The molecule has 0 radical (unpaired) electrons. The van der Waals surface area contributed by atoms with Gasteiger partial charge < -0.3 is 19.7 Å². The summed E-state index contributed by atoms with van der Waals surface area (Å²) in [7, 11) is 0. The van der Waals surface area contributed by atoms with Crippen LogP contribution in [0.15, 0.2) is 48.6 Å². The summed E-state index contributed by atoms with van der Waals surface area (Å²) < 4.78 is 11.0. The SMILES string of the molecule is C=C(C(=O)OCC(CCC1CCC(C2CCC(c3ccc(CCCCC)cc3)CC2)CC1)COC(=O)C(=C)C(C)(C)O)C(C)(C)O. The maximum Gasteiger partial charge on any atom is 0.336 e. The first-order valence-electron chi connectivity index (χ1n) is 18.0. The summed E-state index contributed by atoms with van der Waals surface area (Å²) in [6.07, 6.45) is 17.0. The molecule has 1 aromatic carbocycles. The van der Waals surface area contributed by atoms with Crippen LogP contribution in [0, 0.1) is 23.7 Å². The van der Waals surface area contributed by atoms with Crippen molar-refractivity contribution in [3.8, 4) is 0 Å². The van der Waals surface area contributed by atoms with Crippen LogP contribution in [0.1, 0.15) is 135 Å². The molecule has 0 unspecified atom stereocenters. The van der Waals surface area contributed by atoms with E-state index >= 15 is 0 Å². The first-order chi connectivity index (χ1) is 21.7. The molecule has 0 spiro atoms. The Kier molecular flexibility index (Phi) is 14.6. The fourth-order valence-electron chi connectivity index (χ4n) is 7.15. The van der Waals surface area contributed by atoms with Gasteiger partial charge in [0.05, 0.1) is 35.6 Å². The van der Waals surface area contributed by atoms with Crippen LogP contribution in [0.5, 0.6) is 0 Å². The molecule has 0 heterocycles. The lowest BCUT2D eigenvalue weighted by Gasteiger charge is -2.38. The predicted molar refractivity (Wildman–Crippen MR) is 185 cm³/mol. The van der Waals surface area contributed by atoms with E-state index in [9.17, 15) is 19.8 Å². The van der Waals surface area contributed by atoms with Crippen molar-refractivity contribution in [2.24, 2.45) is 23.7 Å². The molecule has 0 saturated heterocycles. The number of esters is 2. The maximum absolute atomic E-state index is 12.5. The molecule has 3 rings (SSSR count). The van der Waals surface area contributed by atoms with E-state index in [0.29, 0.717) is 11.8 Å². The van der Waals surface area contributed by atoms with Crippen molar-refractivity contribution in [1.82, 2.24) is 0 Å². The molecule has 0 atom stereocenters. The average Bonchev–Trinajstić information content (AvgIpc) is 3.03. The van der Waals surface area contributed by atoms with Crippen molar-refractivity contribution in [3.05, 3.63) is 59.7 Å². The van der Waals surface area contributed by atoms with Crippen LogP contribution in [0.4, 0.5) is 0 Å². The summed E-state index contributed by atoms with van der Waals surface area (Å²) in [5.74, 6) is 1.46. The van der Waals surface area contributed by atoms with E-state index in [1.165, 1.54) is 116 Å². The third-order valence-electron chi connectivity index (χ3n) is 10.7. The lowest BCUT2D eigenvalue weighted by molar-refractivity contribution is -0.146. The van der Waals surface area contributed by atoms with Crippen molar-refractivity contribution in [3.63, 3.8) is 0 Å². The highest BCUT2D eigenvalue weighted by molar-refractivity contribution is 5.90. The Labute approximate surface area is 279 Å². The number of carbonyl (C=O) groups is 2. The van der Waals surface area contributed by atoms with E-state index in [4.69, 9.17) is 9.47 Å². The van der Waals surface area contributed by atoms with Gasteiger partial charge in [0, 0.05) is 5.92 Å². The van der Waals surface area contributed by atoms with E-state index in [0.717, 1.165) is 24.7 Å². The average molecular weight is 639 g/mol. The van der Waals surface area contributed by atoms with E-state index in [2.05, 4.69) is 44.3 Å². The minimum absolute atomic E-state index is 0.0123. The van der Waals surface area contributed by atoms with Crippen molar-refractivity contribution >= 4 is 11.9 Å². The van der Waals surface area contributed by atoms with Gasteiger partial charge in [-0.3, -0.25) is 0 Å². The van der Waals surface area contributed by atoms with Crippen LogP contribution in [0.2, 0.25) is 0 Å². The predicted octanol–water partition coefficient (Wildman–Crippen LogP) is 8.64. The van der Waals surface area contributed by atoms with Crippen LogP contribution < -0.4 is 0 Å². The molecule has 0 bridgehead atoms. The molecule has 2 N–H and O–H groups in total. The lowest BCUT2D eigenvalue weighted by atomic mass is 9.68. The molecule has 2 aliphatic carbocycles. The van der Waals surface area contributed by atoms with E-state index in [-0.39, 0.29) is 30.3 Å². The van der Waals surface area contributed by atoms with Gasteiger partial charge in [-0.15, -0.1) is 0 Å². The van der Waals surface area contributed by atoms with Crippen LogP contribution in [-0.4, -0.2) is 46.6 Å². The first-order valence-corrected chi connectivity index (χ1v) is 18.0. The minimum Gasteiger partial charge on any atom is -0.462 e. The third-order valence-corrected chi connectivity index (χ3v) is 10.7. The van der Waals surface area contributed by atoms with E-state index in [1.807, 2.05) is 0 Å². The summed E-state index contributed by atoms with van der Waals surface area (Å²) >= 11 is 0. The third kappa shape index (κ3) is 12.0. The fraction of sp³-hybridized carbons (Fsp3) is 0.700. The van der Waals surface area contributed by atoms with Crippen molar-refractivity contribution in [2.75, 3.05) is 13.2 Å². The zero-order chi connectivity index (χ0) is 33.9. The van der Waals surface area contributed by atoms with Crippen LogP contribution >= 0.6 is 0 Å². The quantitative estimate of drug-likeness (QED) is 0.101. The molecular weight excluding hydrogens is 576 g/mol. The maximum atomic E-state index is 12.5. The molecule has 46 heavy (non-hydrogen) atoms. The van der Waals surface area contributed by atoms with Gasteiger partial charge in [0.15, 0.2) is 0 Å². The lowest BCUT2D eigenvalue weighted by Crippen LogP contribution is -2.31. The number of hydrogen-bond acceptors (Lipinski definition) is 6.